The molecule has 0 bridgehead atoms. The fourth-order valence-corrected chi connectivity index (χ4v) is 7.30. The van der Waals surface area contributed by atoms with E-state index in [-0.39, 0.29) is 0 Å². The van der Waals surface area contributed by atoms with E-state index >= 15 is 0 Å². The molecular formula is C47H30N2O2. The van der Waals surface area contributed by atoms with E-state index in [2.05, 4.69) is 144 Å². The topological polar surface area (TPSA) is 42.4 Å². The zero-order valence-corrected chi connectivity index (χ0v) is 27.5. The summed E-state index contributed by atoms with van der Waals surface area (Å²) in [6.45, 7) is 0. The number of aromatic nitrogens is 1. The summed E-state index contributed by atoms with van der Waals surface area (Å²) in [5.74, 6) is 0.597. The van der Waals surface area contributed by atoms with E-state index in [4.69, 9.17) is 13.8 Å². The number of oxazole rings is 1. The molecule has 240 valence electrons. The van der Waals surface area contributed by atoms with Gasteiger partial charge in [-0.15, -0.1) is 0 Å². The Morgan fingerprint density at radius 1 is 0.431 bits per heavy atom. The van der Waals surface area contributed by atoms with Crippen molar-refractivity contribution in [3.05, 3.63) is 182 Å². The van der Waals surface area contributed by atoms with Crippen LogP contribution in [0.2, 0.25) is 0 Å². The van der Waals surface area contributed by atoms with Crippen LogP contribution in [-0.4, -0.2) is 4.98 Å². The van der Waals surface area contributed by atoms with E-state index in [9.17, 15) is 0 Å². The minimum atomic E-state index is 0.597. The van der Waals surface area contributed by atoms with E-state index in [1.807, 2.05) is 42.5 Å². The van der Waals surface area contributed by atoms with Crippen LogP contribution in [0, 0.1) is 0 Å². The normalized spacial score (nSPS) is 11.5. The third kappa shape index (κ3) is 4.96. The van der Waals surface area contributed by atoms with Crippen LogP contribution < -0.4 is 4.90 Å². The SMILES string of the molecule is c1ccc(-c2nc3ccc4oc5cc(N(c6ccc(-c7cccc8ccccc78)cc6)c6ccccc6-c6ccccc6)ccc5c4c3o2)cc1. The summed E-state index contributed by atoms with van der Waals surface area (Å²) < 4.78 is 13.0. The molecule has 0 N–H and O–H groups in total. The largest absolute Gasteiger partial charge is 0.456 e. The second kappa shape index (κ2) is 11.9. The molecule has 0 aliphatic carbocycles. The Hall–Kier alpha value is -6.91. The number of anilines is 3. The molecule has 0 radical (unpaired) electrons. The van der Waals surface area contributed by atoms with Gasteiger partial charge in [-0.2, -0.15) is 0 Å². The predicted molar refractivity (Wildman–Crippen MR) is 210 cm³/mol. The van der Waals surface area contributed by atoms with Gasteiger partial charge in [0.2, 0.25) is 5.89 Å². The van der Waals surface area contributed by atoms with Gasteiger partial charge in [0.05, 0.1) is 11.1 Å². The van der Waals surface area contributed by atoms with Crippen LogP contribution in [0.15, 0.2) is 191 Å². The van der Waals surface area contributed by atoms with Crippen molar-refractivity contribution in [3.8, 4) is 33.7 Å². The van der Waals surface area contributed by atoms with Crippen LogP contribution in [-0.2, 0) is 0 Å². The van der Waals surface area contributed by atoms with Crippen LogP contribution in [0.25, 0.3) is 77.5 Å². The highest BCUT2D eigenvalue weighted by Crippen LogP contribution is 2.44. The van der Waals surface area contributed by atoms with E-state index in [0.717, 1.165) is 66.8 Å². The van der Waals surface area contributed by atoms with Crippen molar-refractivity contribution in [2.24, 2.45) is 0 Å². The Bertz CT molecular complexity index is 2850. The molecule has 0 unspecified atom stereocenters. The van der Waals surface area contributed by atoms with Gasteiger partial charge in [-0.05, 0) is 82.1 Å². The second-order valence-electron chi connectivity index (χ2n) is 12.7. The third-order valence-electron chi connectivity index (χ3n) is 9.71. The summed E-state index contributed by atoms with van der Waals surface area (Å²) in [6.07, 6.45) is 0. The first-order valence-corrected chi connectivity index (χ1v) is 17.1. The standard InChI is InChI=1S/C47H30N2O2/c1-3-12-32(13-4-1)39-19-9-10-21-42(39)49(35-24-22-33(23-25-35)38-20-11-17-31-14-7-8-18-37(31)38)36-26-27-40-44(30-36)50-43-29-28-41-46(45(40)43)51-47(48-41)34-15-5-2-6-16-34/h1-30H. The van der Waals surface area contributed by atoms with Crippen LogP contribution >= 0.6 is 0 Å². The highest BCUT2D eigenvalue weighted by molar-refractivity contribution is 6.17. The highest BCUT2D eigenvalue weighted by Gasteiger charge is 2.21. The maximum absolute atomic E-state index is 6.56. The Morgan fingerprint density at radius 3 is 1.94 bits per heavy atom. The lowest BCUT2D eigenvalue weighted by atomic mass is 9.97. The second-order valence-corrected chi connectivity index (χ2v) is 12.7. The molecule has 4 nitrogen and oxygen atoms in total. The monoisotopic (exact) mass is 654 g/mol. The van der Waals surface area contributed by atoms with E-state index in [0.29, 0.717) is 5.89 Å². The summed E-state index contributed by atoms with van der Waals surface area (Å²) in [5.41, 5.74) is 11.8. The summed E-state index contributed by atoms with van der Waals surface area (Å²) in [4.78, 5) is 7.13. The molecule has 10 rings (SSSR count). The molecule has 0 aliphatic rings. The summed E-state index contributed by atoms with van der Waals surface area (Å²) in [5, 5.41) is 4.39. The van der Waals surface area contributed by atoms with Gasteiger partial charge in [0.1, 0.15) is 16.7 Å². The Labute approximate surface area is 294 Å². The molecule has 0 aliphatic heterocycles. The van der Waals surface area contributed by atoms with Crippen molar-refractivity contribution in [1.82, 2.24) is 4.98 Å². The summed E-state index contributed by atoms with van der Waals surface area (Å²) in [7, 11) is 0. The van der Waals surface area contributed by atoms with Gasteiger partial charge >= 0.3 is 0 Å². The molecule has 10 aromatic rings. The first kappa shape index (κ1) is 29.0. The molecule has 0 amide bonds. The van der Waals surface area contributed by atoms with Gasteiger partial charge < -0.3 is 13.7 Å². The number of hydrogen-bond acceptors (Lipinski definition) is 4. The van der Waals surface area contributed by atoms with Gasteiger partial charge in [-0.1, -0.05) is 121 Å². The maximum Gasteiger partial charge on any atom is 0.227 e. The molecule has 2 aromatic heterocycles. The average molecular weight is 655 g/mol. The first-order chi connectivity index (χ1) is 25.3. The zero-order chi connectivity index (χ0) is 33.7. The fourth-order valence-electron chi connectivity index (χ4n) is 7.30. The van der Waals surface area contributed by atoms with Gasteiger partial charge in [0, 0.05) is 34.0 Å². The van der Waals surface area contributed by atoms with Gasteiger partial charge in [0.25, 0.3) is 0 Å². The van der Waals surface area contributed by atoms with Crippen molar-refractivity contribution in [2.75, 3.05) is 4.90 Å². The molecule has 8 aromatic carbocycles. The molecule has 0 saturated heterocycles. The third-order valence-corrected chi connectivity index (χ3v) is 9.71. The smallest absolute Gasteiger partial charge is 0.227 e. The fraction of sp³-hybridized carbons (Fsp3) is 0. The minimum Gasteiger partial charge on any atom is -0.456 e. The van der Waals surface area contributed by atoms with E-state index in [1.54, 1.807) is 0 Å². The van der Waals surface area contributed by atoms with Crippen molar-refractivity contribution in [3.63, 3.8) is 0 Å². The quantitative estimate of drug-likeness (QED) is 0.179. The van der Waals surface area contributed by atoms with Crippen LogP contribution in [0.3, 0.4) is 0 Å². The van der Waals surface area contributed by atoms with E-state index < -0.39 is 0 Å². The van der Waals surface area contributed by atoms with E-state index in [1.165, 1.54) is 21.9 Å². The number of benzene rings is 8. The average Bonchev–Trinajstić information content (AvgIpc) is 3.81. The van der Waals surface area contributed by atoms with Crippen LogP contribution in [0.4, 0.5) is 17.1 Å². The lowest BCUT2D eigenvalue weighted by Gasteiger charge is -2.28. The lowest BCUT2D eigenvalue weighted by molar-refractivity contribution is 0.622. The van der Waals surface area contributed by atoms with Crippen LogP contribution in [0.5, 0.6) is 0 Å². The Kier molecular flexibility index (Phi) is 6.78. The van der Waals surface area contributed by atoms with Crippen molar-refractivity contribution >= 4 is 60.9 Å². The molecule has 0 spiro atoms. The number of rotatable bonds is 6. The minimum absolute atomic E-state index is 0.597. The van der Waals surface area contributed by atoms with Crippen LogP contribution in [0.1, 0.15) is 0 Å². The molecule has 0 fully saturated rings. The number of para-hydroxylation sites is 1. The van der Waals surface area contributed by atoms with Gasteiger partial charge in [-0.3, -0.25) is 0 Å². The van der Waals surface area contributed by atoms with Crippen molar-refractivity contribution in [2.45, 2.75) is 0 Å². The number of fused-ring (bicyclic) bond motifs is 6. The highest BCUT2D eigenvalue weighted by atomic mass is 16.4. The predicted octanol–water partition coefficient (Wildman–Crippen LogP) is 13.4. The molecule has 2 heterocycles. The number of hydrogen-bond donors (Lipinski definition) is 0. The Morgan fingerprint density at radius 2 is 1.10 bits per heavy atom. The number of nitrogens with zero attached hydrogens (tertiary/aromatic N) is 2. The number of furan rings is 1. The Balaban J connectivity index is 1.14. The van der Waals surface area contributed by atoms with Crippen molar-refractivity contribution < 1.29 is 8.83 Å². The van der Waals surface area contributed by atoms with Crippen molar-refractivity contribution in [1.29, 1.82) is 0 Å². The molecule has 4 heteroatoms. The maximum atomic E-state index is 6.56. The van der Waals surface area contributed by atoms with Gasteiger partial charge in [0.15, 0.2) is 5.58 Å². The summed E-state index contributed by atoms with van der Waals surface area (Å²) >= 11 is 0. The first-order valence-electron chi connectivity index (χ1n) is 17.1. The summed E-state index contributed by atoms with van der Waals surface area (Å²) in [6, 6.07) is 63.5. The molecule has 0 saturated carbocycles. The molecule has 51 heavy (non-hydrogen) atoms. The van der Waals surface area contributed by atoms with Gasteiger partial charge in [-0.25, -0.2) is 4.98 Å². The molecular weight excluding hydrogens is 625 g/mol. The zero-order valence-electron chi connectivity index (χ0n) is 27.5. The molecule has 0 atom stereocenters. The lowest BCUT2D eigenvalue weighted by Crippen LogP contribution is -2.11.